The Kier molecular flexibility index (Phi) is 9.77. The first kappa shape index (κ1) is 30.9. The van der Waals surface area contributed by atoms with Crippen LogP contribution in [0.1, 0.15) is 22.3 Å². The molecular weight excluding hydrogens is 766 g/mol. The monoisotopic (exact) mass is 802 g/mol. The number of aryl methyl sites for hydroxylation is 4. The van der Waals surface area contributed by atoms with Crippen molar-refractivity contribution in [1.82, 2.24) is 0 Å². The second kappa shape index (κ2) is 13.9. The molecule has 0 fully saturated rings. The Balaban J connectivity index is 1.47. The molecule has 3 heteroatoms. The van der Waals surface area contributed by atoms with Crippen LogP contribution in [0.2, 0.25) is 0 Å². The van der Waals surface area contributed by atoms with E-state index in [1.54, 1.807) is 0 Å². The Hall–Kier alpha value is -3.10. The van der Waals surface area contributed by atoms with Crippen LogP contribution in [0.25, 0.3) is 44.5 Å². The van der Waals surface area contributed by atoms with E-state index in [-0.39, 0.29) is 0 Å². The zero-order valence-electron chi connectivity index (χ0n) is 25.7. The molecule has 218 valence electrons. The van der Waals surface area contributed by atoms with Crippen molar-refractivity contribution in [2.24, 2.45) is 0 Å². The van der Waals surface area contributed by atoms with Crippen LogP contribution in [0.4, 0.5) is 0 Å². The average molecular weight is 803 g/mol. The van der Waals surface area contributed by atoms with E-state index in [2.05, 4.69) is 161 Å². The van der Waals surface area contributed by atoms with Crippen LogP contribution in [0, 0.1) is 27.7 Å². The van der Waals surface area contributed by atoms with Gasteiger partial charge in [-0.1, -0.05) is 0 Å². The van der Waals surface area contributed by atoms with E-state index in [0.29, 0.717) is 2.29 Å². The van der Waals surface area contributed by atoms with Crippen molar-refractivity contribution in [2.75, 3.05) is 0 Å². The third kappa shape index (κ3) is 7.07. The van der Waals surface area contributed by atoms with Crippen molar-refractivity contribution in [2.45, 2.75) is 39.8 Å². The Labute approximate surface area is 286 Å². The van der Waals surface area contributed by atoms with Gasteiger partial charge in [-0.05, 0) is 0 Å². The molecule has 0 aromatic heterocycles. The number of benzene rings is 6. The molecule has 0 saturated heterocycles. The molecule has 6 aromatic rings. The molecule has 0 nitrogen and oxygen atoms in total. The van der Waals surface area contributed by atoms with Gasteiger partial charge in [-0.3, -0.25) is 0 Å². The topological polar surface area (TPSA) is 0 Å². The van der Waals surface area contributed by atoms with Crippen molar-refractivity contribution in [3.63, 3.8) is 0 Å². The molecular formula is C41H37BiS2. The second-order valence-corrected chi connectivity index (χ2v) is 20.4. The molecule has 0 atom stereocenters. The van der Waals surface area contributed by atoms with Crippen LogP contribution in [0.3, 0.4) is 0 Å². The van der Waals surface area contributed by atoms with Gasteiger partial charge in [0.1, 0.15) is 0 Å². The van der Waals surface area contributed by atoms with Gasteiger partial charge >= 0.3 is 288 Å². The Morgan fingerprint density at radius 3 is 0.886 bits per heavy atom. The molecule has 0 aliphatic carbocycles. The maximum atomic E-state index is 2.32. The van der Waals surface area contributed by atoms with Gasteiger partial charge in [0, 0.05) is 0 Å². The molecule has 44 heavy (non-hydrogen) atoms. The van der Waals surface area contributed by atoms with E-state index in [1.807, 2.05) is 23.5 Å². The van der Waals surface area contributed by atoms with Gasteiger partial charge < -0.3 is 0 Å². The number of hydrogen-bond acceptors (Lipinski definition) is 2. The van der Waals surface area contributed by atoms with Crippen molar-refractivity contribution < 1.29 is 0 Å². The number of hydrogen-bond donors (Lipinski definition) is 0. The first-order valence-corrected chi connectivity index (χ1v) is 19.3. The molecule has 0 spiro atoms. The summed E-state index contributed by atoms with van der Waals surface area (Å²) in [5.41, 5.74) is 15.5. The third-order valence-corrected chi connectivity index (χ3v) is 13.4. The van der Waals surface area contributed by atoms with Crippen LogP contribution >= 0.6 is 23.5 Å². The van der Waals surface area contributed by atoms with E-state index < -0.39 is 0 Å². The quantitative estimate of drug-likeness (QED) is 0.0854. The Morgan fingerprint density at radius 2 is 0.636 bits per heavy atom. The zero-order valence-corrected chi connectivity index (χ0v) is 31.8. The Morgan fingerprint density at radius 1 is 0.386 bits per heavy atom. The molecule has 0 amide bonds. The van der Waals surface area contributed by atoms with Gasteiger partial charge in [-0.15, -0.1) is 0 Å². The van der Waals surface area contributed by atoms with Crippen molar-refractivity contribution in [1.29, 1.82) is 0 Å². The summed E-state index contributed by atoms with van der Waals surface area (Å²) in [5, 5.41) is 0. The molecule has 0 unspecified atom stereocenters. The van der Waals surface area contributed by atoms with Crippen LogP contribution in [-0.4, -0.2) is 27.0 Å². The van der Waals surface area contributed by atoms with Crippen LogP contribution < -0.4 is 0 Å². The van der Waals surface area contributed by atoms with E-state index in [0.717, 1.165) is 24.7 Å². The molecule has 0 radical (unpaired) electrons. The first-order chi connectivity index (χ1) is 21.4. The molecule has 0 N–H and O–H groups in total. The molecule has 0 heterocycles. The minimum absolute atomic E-state index is 0.416. The predicted molar refractivity (Wildman–Crippen MR) is 198 cm³/mol. The van der Waals surface area contributed by atoms with Gasteiger partial charge in [-0.2, -0.15) is 0 Å². The van der Waals surface area contributed by atoms with Gasteiger partial charge in [-0.25, -0.2) is 0 Å². The van der Waals surface area contributed by atoms with Crippen molar-refractivity contribution in [3.05, 3.63) is 156 Å². The summed E-state index contributed by atoms with van der Waals surface area (Å²) in [4.78, 5) is 2.74. The summed E-state index contributed by atoms with van der Waals surface area (Å²) in [6, 6.07) is 49.4. The fourth-order valence-corrected chi connectivity index (χ4v) is 11.4. The van der Waals surface area contributed by atoms with E-state index >= 15 is 0 Å². The van der Waals surface area contributed by atoms with Crippen molar-refractivity contribution >= 4 is 48.2 Å². The molecule has 0 aliphatic rings. The fourth-order valence-electron chi connectivity index (χ4n) is 5.74. The average Bonchev–Trinajstić information content (AvgIpc) is 3.01. The van der Waals surface area contributed by atoms with Crippen LogP contribution in [-0.2, 0) is 0 Å². The Bertz CT molecular complexity index is 1670. The molecule has 6 aromatic carbocycles. The standard InChI is InChI=1S/C41H35S2.Bi.2H/c1-28-11-5-15-32(23-28)36-19-9-20-37(33-16-6-12-29(2)24-33)40(36)42-27-43-41-38(34-17-7-13-30(3)25-34)21-10-22-39(41)35-18-8-14-31(4)26-35;;;/h5-27H,1-4H3;;;. The summed E-state index contributed by atoms with van der Waals surface area (Å²) >= 11 is 4.84. The fraction of sp³-hybridized carbons (Fsp3) is 0.122. The van der Waals surface area contributed by atoms with E-state index in [9.17, 15) is 0 Å². The van der Waals surface area contributed by atoms with Gasteiger partial charge in [0.05, 0.1) is 0 Å². The van der Waals surface area contributed by atoms with Gasteiger partial charge in [0.25, 0.3) is 0 Å². The summed E-state index contributed by atoms with van der Waals surface area (Å²) in [5.74, 6) is 0. The third-order valence-electron chi connectivity index (χ3n) is 7.81. The van der Waals surface area contributed by atoms with Crippen LogP contribution in [0.5, 0.6) is 0 Å². The van der Waals surface area contributed by atoms with E-state index in [4.69, 9.17) is 0 Å². The first-order valence-electron chi connectivity index (χ1n) is 15.0. The number of thioether (sulfide) groups is 2. The summed E-state index contributed by atoms with van der Waals surface area (Å²) in [7, 11) is 0. The maximum absolute atomic E-state index is 2.32. The zero-order chi connectivity index (χ0) is 30.6. The normalized spacial score (nSPS) is 11.2. The summed E-state index contributed by atoms with van der Waals surface area (Å²) in [6.07, 6.45) is 0. The number of rotatable bonds is 8. The minimum atomic E-state index is 0.416. The molecule has 6 rings (SSSR count). The summed E-state index contributed by atoms with van der Waals surface area (Å²) < 4.78 is 0.416. The predicted octanol–water partition coefficient (Wildman–Crippen LogP) is 11.4. The SMILES string of the molecule is Cc1cccc(-c2cccc(-c3cccc(C)c3)c2S[CH]([BiH2])Sc2c(-c3cccc(C)c3)cccc2-c2cccc(C)c2)c1. The second-order valence-electron chi connectivity index (χ2n) is 11.4. The molecule has 0 bridgehead atoms. The summed E-state index contributed by atoms with van der Waals surface area (Å²) in [6.45, 7) is 8.73. The van der Waals surface area contributed by atoms with E-state index in [1.165, 1.54) is 76.6 Å². The van der Waals surface area contributed by atoms with Crippen molar-refractivity contribution in [3.8, 4) is 44.5 Å². The van der Waals surface area contributed by atoms with Gasteiger partial charge in [0.2, 0.25) is 0 Å². The van der Waals surface area contributed by atoms with Crippen LogP contribution in [0.15, 0.2) is 143 Å². The molecule has 0 saturated carbocycles. The van der Waals surface area contributed by atoms with Gasteiger partial charge in [0.15, 0.2) is 0 Å². The molecule has 0 aliphatic heterocycles.